The second-order valence-corrected chi connectivity index (χ2v) is 7.50. The lowest BCUT2D eigenvalue weighted by atomic mass is 10.2. The van der Waals surface area contributed by atoms with Gasteiger partial charge in [0.05, 0.1) is 4.90 Å². The minimum absolute atomic E-state index is 0.245. The molecular formula is C14H13ClINO2S. The van der Waals surface area contributed by atoms with Crippen LogP contribution in [0.5, 0.6) is 0 Å². The first-order valence-corrected chi connectivity index (χ1v) is 9.04. The maximum Gasteiger partial charge on any atom is 0.261 e. The molecule has 0 heterocycles. The Balaban J connectivity index is 2.19. The number of aryl methyl sites for hydroxylation is 1. The molecule has 2 rings (SSSR count). The van der Waals surface area contributed by atoms with Crippen molar-refractivity contribution in [3.8, 4) is 0 Å². The van der Waals surface area contributed by atoms with Gasteiger partial charge in [0.15, 0.2) is 0 Å². The molecular weight excluding hydrogens is 409 g/mol. The van der Waals surface area contributed by atoms with Gasteiger partial charge in [-0.3, -0.25) is 4.72 Å². The summed E-state index contributed by atoms with van der Waals surface area (Å²) in [6, 6.07) is 13.9. The van der Waals surface area contributed by atoms with Gasteiger partial charge in [0.2, 0.25) is 0 Å². The highest BCUT2D eigenvalue weighted by Gasteiger charge is 2.13. The van der Waals surface area contributed by atoms with Gasteiger partial charge in [-0.25, -0.2) is 8.42 Å². The fourth-order valence-corrected chi connectivity index (χ4v) is 3.31. The van der Waals surface area contributed by atoms with E-state index in [1.54, 1.807) is 36.4 Å². The Bertz CT molecular complexity index is 669. The molecule has 0 spiro atoms. The first kappa shape index (κ1) is 15.6. The van der Waals surface area contributed by atoms with Crippen LogP contribution in [-0.2, 0) is 16.4 Å². The largest absolute Gasteiger partial charge is 0.280 e. The zero-order chi connectivity index (χ0) is 14.6. The number of hydrogen-bond donors (Lipinski definition) is 1. The molecule has 0 bridgehead atoms. The fraction of sp³-hybridized carbons (Fsp3) is 0.143. The molecule has 0 atom stereocenters. The fourth-order valence-electron chi connectivity index (χ4n) is 1.68. The van der Waals surface area contributed by atoms with Crippen molar-refractivity contribution in [3.05, 3.63) is 57.7 Å². The third-order valence-corrected chi connectivity index (χ3v) is 5.02. The quantitative estimate of drug-likeness (QED) is 0.588. The topological polar surface area (TPSA) is 46.2 Å². The standard InChI is InChI=1S/C14H13ClINO2S/c15-10-9-11-1-7-14(8-2-11)20(18,19)17-13-5-3-12(16)4-6-13/h1-8,17H,9-10H2. The second kappa shape index (κ2) is 6.78. The van der Waals surface area contributed by atoms with Crippen molar-refractivity contribution in [2.24, 2.45) is 0 Å². The molecule has 20 heavy (non-hydrogen) atoms. The second-order valence-electron chi connectivity index (χ2n) is 4.20. The Morgan fingerprint density at radius 3 is 2.15 bits per heavy atom. The molecule has 0 aromatic heterocycles. The van der Waals surface area contributed by atoms with Gasteiger partial charge in [-0.05, 0) is 71.0 Å². The smallest absolute Gasteiger partial charge is 0.261 e. The van der Waals surface area contributed by atoms with Gasteiger partial charge in [0, 0.05) is 15.1 Å². The average Bonchev–Trinajstić information content (AvgIpc) is 2.42. The normalized spacial score (nSPS) is 11.3. The van der Waals surface area contributed by atoms with Crippen LogP contribution in [0.1, 0.15) is 5.56 Å². The highest BCUT2D eigenvalue weighted by molar-refractivity contribution is 14.1. The summed E-state index contributed by atoms with van der Waals surface area (Å²) in [6.07, 6.45) is 0.729. The van der Waals surface area contributed by atoms with E-state index in [-0.39, 0.29) is 4.90 Å². The van der Waals surface area contributed by atoms with Crippen molar-refractivity contribution in [1.82, 2.24) is 0 Å². The minimum atomic E-state index is -3.54. The van der Waals surface area contributed by atoms with Crippen molar-refractivity contribution in [2.45, 2.75) is 11.3 Å². The van der Waals surface area contributed by atoms with Crippen LogP contribution in [0.2, 0.25) is 0 Å². The summed E-state index contributed by atoms with van der Waals surface area (Å²) in [5, 5.41) is 0. The number of benzene rings is 2. The van der Waals surface area contributed by atoms with Crippen LogP contribution in [0.3, 0.4) is 0 Å². The summed E-state index contributed by atoms with van der Waals surface area (Å²) in [7, 11) is -3.54. The molecule has 0 saturated carbocycles. The zero-order valence-electron chi connectivity index (χ0n) is 10.5. The summed E-state index contributed by atoms with van der Waals surface area (Å²) in [4.78, 5) is 0.245. The molecule has 3 nitrogen and oxygen atoms in total. The van der Waals surface area contributed by atoms with Crippen molar-refractivity contribution in [1.29, 1.82) is 0 Å². The monoisotopic (exact) mass is 421 g/mol. The number of anilines is 1. The molecule has 0 amide bonds. The van der Waals surface area contributed by atoms with Gasteiger partial charge in [-0.2, -0.15) is 0 Å². The lowest BCUT2D eigenvalue weighted by molar-refractivity contribution is 0.601. The lowest BCUT2D eigenvalue weighted by Gasteiger charge is -2.08. The molecule has 0 aliphatic carbocycles. The van der Waals surface area contributed by atoms with E-state index in [0.29, 0.717) is 11.6 Å². The minimum Gasteiger partial charge on any atom is -0.280 e. The van der Waals surface area contributed by atoms with Gasteiger partial charge < -0.3 is 0 Å². The lowest BCUT2D eigenvalue weighted by Crippen LogP contribution is -2.12. The van der Waals surface area contributed by atoms with Crippen molar-refractivity contribution >= 4 is 49.9 Å². The number of sulfonamides is 1. The van der Waals surface area contributed by atoms with E-state index in [4.69, 9.17) is 11.6 Å². The number of hydrogen-bond acceptors (Lipinski definition) is 2. The zero-order valence-corrected chi connectivity index (χ0v) is 14.2. The van der Waals surface area contributed by atoms with Crippen LogP contribution in [0, 0.1) is 3.57 Å². The highest BCUT2D eigenvalue weighted by Crippen LogP contribution is 2.18. The molecule has 0 saturated heterocycles. The van der Waals surface area contributed by atoms with Gasteiger partial charge in [-0.15, -0.1) is 11.6 Å². The van der Waals surface area contributed by atoms with Crippen LogP contribution in [0.25, 0.3) is 0 Å². The first-order valence-electron chi connectivity index (χ1n) is 5.94. The van der Waals surface area contributed by atoms with E-state index >= 15 is 0 Å². The number of nitrogens with one attached hydrogen (secondary N) is 1. The Morgan fingerprint density at radius 2 is 1.60 bits per heavy atom. The Hall–Kier alpha value is -0.790. The Morgan fingerprint density at radius 1 is 1.00 bits per heavy atom. The Labute approximate surface area is 137 Å². The van der Waals surface area contributed by atoms with E-state index < -0.39 is 10.0 Å². The summed E-state index contributed by atoms with van der Waals surface area (Å²) < 4.78 is 28.0. The summed E-state index contributed by atoms with van der Waals surface area (Å²) in [5.41, 5.74) is 1.57. The summed E-state index contributed by atoms with van der Waals surface area (Å²) in [6.45, 7) is 0. The number of rotatable bonds is 5. The van der Waals surface area contributed by atoms with Gasteiger partial charge in [-0.1, -0.05) is 12.1 Å². The van der Waals surface area contributed by atoms with Crippen LogP contribution >= 0.6 is 34.2 Å². The van der Waals surface area contributed by atoms with E-state index in [0.717, 1.165) is 15.6 Å². The molecule has 106 valence electrons. The molecule has 2 aromatic carbocycles. The first-order chi connectivity index (χ1) is 9.51. The molecule has 0 aliphatic heterocycles. The Kier molecular flexibility index (Phi) is 5.29. The van der Waals surface area contributed by atoms with Crippen molar-refractivity contribution in [2.75, 3.05) is 10.6 Å². The van der Waals surface area contributed by atoms with Gasteiger partial charge in [0.25, 0.3) is 10.0 Å². The molecule has 2 aromatic rings. The third kappa shape index (κ3) is 4.10. The SMILES string of the molecule is O=S(=O)(Nc1ccc(I)cc1)c1ccc(CCCl)cc1. The number of alkyl halides is 1. The highest BCUT2D eigenvalue weighted by atomic mass is 127. The molecule has 0 aliphatic rings. The predicted octanol–water partition coefficient (Wildman–Crippen LogP) is 3.87. The van der Waals surface area contributed by atoms with Crippen LogP contribution in [-0.4, -0.2) is 14.3 Å². The van der Waals surface area contributed by atoms with E-state index in [9.17, 15) is 8.42 Å². The van der Waals surface area contributed by atoms with Gasteiger partial charge in [0.1, 0.15) is 0 Å². The summed E-state index contributed by atoms with van der Waals surface area (Å²) in [5.74, 6) is 0.521. The molecule has 6 heteroatoms. The van der Waals surface area contributed by atoms with Crippen molar-refractivity contribution in [3.63, 3.8) is 0 Å². The van der Waals surface area contributed by atoms with E-state index in [1.165, 1.54) is 0 Å². The van der Waals surface area contributed by atoms with Crippen LogP contribution in [0.4, 0.5) is 5.69 Å². The molecule has 0 fully saturated rings. The maximum atomic E-state index is 12.2. The van der Waals surface area contributed by atoms with Crippen LogP contribution < -0.4 is 4.72 Å². The van der Waals surface area contributed by atoms with Gasteiger partial charge >= 0.3 is 0 Å². The molecule has 0 unspecified atom stereocenters. The van der Waals surface area contributed by atoms with E-state index in [2.05, 4.69) is 27.3 Å². The third-order valence-electron chi connectivity index (χ3n) is 2.71. The van der Waals surface area contributed by atoms with E-state index in [1.807, 2.05) is 12.1 Å². The van der Waals surface area contributed by atoms with Crippen LogP contribution in [0.15, 0.2) is 53.4 Å². The number of halogens is 2. The van der Waals surface area contributed by atoms with Crippen molar-refractivity contribution < 1.29 is 8.42 Å². The summed E-state index contributed by atoms with van der Waals surface area (Å²) >= 11 is 7.82. The molecule has 1 N–H and O–H groups in total. The maximum absolute atomic E-state index is 12.2. The average molecular weight is 422 g/mol. The predicted molar refractivity (Wildman–Crippen MR) is 90.8 cm³/mol. The molecule has 0 radical (unpaired) electrons.